The number of hydrogen-bond acceptors (Lipinski definition) is 2. The molecule has 0 amide bonds. The van der Waals surface area contributed by atoms with E-state index in [1.807, 2.05) is 11.3 Å². The van der Waals surface area contributed by atoms with Gasteiger partial charge in [-0.05, 0) is 82.6 Å². The summed E-state index contributed by atoms with van der Waals surface area (Å²) in [5.41, 5.74) is 11.7. The molecular weight excluding hydrogens is 685 g/mol. The van der Waals surface area contributed by atoms with Crippen LogP contribution in [0.3, 0.4) is 0 Å². The molecule has 2 nitrogen and oxygen atoms in total. The lowest BCUT2D eigenvalue weighted by Gasteiger charge is -2.27. The lowest BCUT2D eigenvalue weighted by Crippen LogP contribution is -2.10. The van der Waals surface area contributed by atoms with Gasteiger partial charge in [0.05, 0.1) is 16.7 Å². The van der Waals surface area contributed by atoms with Crippen LogP contribution in [0.4, 0.5) is 17.1 Å². The number of benzene rings is 9. The molecule has 258 valence electrons. The van der Waals surface area contributed by atoms with E-state index in [-0.39, 0.29) is 0 Å². The average Bonchev–Trinajstić information content (AvgIpc) is 3.80. The molecular formula is C52H34N2S. The van der Waals surface area contributed by atoms with Crippen LogP contribution in [0, 0.1) is 0 Å². The third-order valence-corrected chi connectivity index (χ3v) is 12.2. The Kier molecular flexibility index (Phi) is 7.39. The summed E-state index contributed by atoms with van der Waals surface area (Å²) in [5.74, 6) is 0. The quantitative estimate of drug-likeness (QED) is 0.166. The lowest BCUT2D eigenvalue weighted by atomic mass is 9.97. The topological polar surface area (TPSA) is 8.17 Å². The zero-order valence-electron chi connectivity index (χ0n) is 29.9. The monoisotopic (exact) mass is 718 g/mol. The van der Waals surface area contributed by atoms with Crippen LogP contribution >= 0.6 is 11.3 Å². The highest BCUT2D eigenvalue weighted by molar-refractivity contribution is 7.26. The van der Waals surface area contributed by atoms with E-state index in [1.54, 1.807) is 0 Å². The first-order valence-corrected chi connectivity index (χ1v) is 19.6. The Morgan fingerprint density at radius 2 is 0.964 bits per heavy atom. The second kappa shape index (κ2) is 12.9. The standard InChI is InChI=1S/C52H34N2S/c1-2-19-37(20-3-1)53(38-21-14-18-36(32-38)41-27-15-17-35-16-4-5-22-40(35)41)39-33-46(52-47(34-39)45-26-9-13-31-51(45)55-52)44-25-8-12-30-50(44)54-48-28-10-6-23-42(48)43-24-7-11-29-49(43)54/h1-34H. The Labute approximate surface area is 323 Å². The highest BCUT2D eigenvalue weighted by Gasteiger charge is 2.22. The fourth-order valence-electron chi connectivity index (χ4n) is 8.53. The molecule has 0 atom stereocenters. The first-order valence-electron chi connectivity index (χ1n) is 18.8. The number of hydrogen-bond donors (Lipinski definition) is 0. The normalized spacial score (nSPS) is 11.6. The molecule has 11 aromatic rings. The van der Waals surface area contributed by atoms with Crippen molar-refractivity contribution in [3.05, 3.63) is 206 Å². The van der Waals surface area contributed by atoms with E-state index in [0.717, 1.165) is 17.1 Å². The molecule has 0 N–H and O–H groups in total. The number of rotatable bonds is 6. The van der Waals surface area contributed by atoms with Gasteiger partial charge in [0.15, 0.2) is 0 Å². The summed E-state index contributed by atoms with van der Waals surface area (Å²) in [6, 6.07) is 75.2. The summed E-state index contributed by atoms with van der Waals surface area (Å²) in [7, 11) is 0. The predicted molar refractivity (Wildman–Crippen MR) is 237 cm³/mol. The fourth-order valence-corrected chi connectivity index (χ4v) is 9.75. The zero-order chi connectivity index (χ0) is 36.3. The SMILES string of the molecule is c1ccc(N(c2cccc(-c3cccc4ccccc34)c2)c2cc(-c3ccccc3-n3c4ccccc4c4ccccc43)c3sc4ccccc4c3c2)cc1. The number of anilines is 3. The maximum Gasteiger partial charge on any atom is 0.0541 e. The molecule has 0 spiro atoms. The molecule has 0 aliphatic rings. The molecule has 0 saturated heterocycles. The van der Waals surface area contributed by atoms with Crippen molar-refractivity contribution in [1.29, 1.82) is 0 Å². The summed E-state index contributed by atoms with van der Waals surface area (Å²) in [4.78, 5) is 2.42. The van der Waals surface area contributed by atoms with E-state index in [0.29, 0.717) is 0 Å². The van der Waals surface area contributed by atoms with Crippen molar-refractivity contribution in [1.82, 2.24) is 4.57 Å². The van der Waals surface area contributed by atoms with Crippen LogP contribution in [-0.2, 0) is 0 Å². The molecule has 0 unspecified atom stereocenters. The van der Waals surface area contributed by atoms with Crippen molar-refractivity contribution < 1.29 is 0 Å². The number of fused-ring (bicyclic) bond motifs is 7. The van der Waals surface area contributed by atoms with E-state index in [4.69, 9.17) is 0 Å². The second-order valence-corrected chi connectivity index (χ2v) is 15.2. The van der Waals surface area contributed by atoms with Crippen molar-refractivity contribution >= 4 is 81.1 Å². The van der Waals surface area contributed by atoms with Gasteiger partial charge in [0.25, 0.3) is 0 Å². The maximum absolute atomic E-state index is 2.45. The molecule has 0 bridgehead atoms. The van der Waals surface area contributed by atoms with Crippen molar-refractivity contribution in [2.45, 2.75) is 0 Å². The van der Waals surface area contributed by atoms with Crippen LogP contribution in [0.1, 0.15) is 0 Å². The third-order valence-electron chi connectivity index (χ3n) is 11.0. The van der Waals surface area contributed by atoms with Gasteiger partial charge >= 0.3 is 0 Å². The molecule has 0 aliphatic carbocycles. The summed E-state index contributed by atoms with van der Waals surface area (Å²) < 4.78 is 5.03. The van der Waals surface area contributed by atoms with Gasteiger partial charge < -0.3 is 9.47 Å². The Hall–Kier alpha value is -6.94. The van der Waals surface area contributed by atoms with E-state index in [9.17, 15) is 0 Å². The van der Waals surface area contributed by atoms with Gasteiger partial charge in [-0.1, -0.05) is 146 Å². The molecule has 0 aliphatic heterocycles. The first kappa shape index (κ1) is 31.6. The molecule has 0 fully saturated rings. The first-order chi connectivity index (χ1) is 27.3. The molecule has 2 heterocycles. The van der Waals surface area contributed by atoms with Gasteiger partial charge in [-0.15, -0.1) is 11.3 Å². The van der Waals surface area contributed by atoms with E-state index >= 15 is 0 Å². The van der Waals surface area contributed by atoms with Gasteiger partial charge in [-0.2, -0.15) is 0 Å². The van der Waals surface area contributed by atoms with Crippen LogP contribution in [0.15, 0.2) is 206 Å². The van der Waals surface area contributed by atoms with Crippen molar-refractivity contribution in [3.63, 3.8) is 0 Å². The van der Waals surface area contributed by atoms with Gasteiger partial charge in [0.1, 0.15) is 0 Å². The summed E-state index contributed by atoms with van der Waals surface area (Å²) in [5, 5.41) is 7.55. The minimum atomic E-state index is 1.11. The minimum absolute atomic E-state index is 1.11. The molecule has 3 heteroatoms. The molecule has 9 aromatic carbocycles. The summed E-state index contributed by atoms with van der Waals surface area (Å²) in [6.45, 7) is 0. The Morgan fingerprint density at radius 1 is 0.364 bits per heavy atom. The van der Waals surface area contributed by atoms with Crippen molar-refractivity contribution in [2.24, 2.45) is 0 Å². The molecule has 0 saturated carbocycles. The largest absolute Gasteiger partial charge is 0.310 e. The highest BCUT2D eigenvalue weighted by atomic mass is 32.1. The molecule has 2 aromatic heterocycles. The van der Waals surface area contributed by atoms with Crippen LogP contribution in [0.2, 0.25) is 0 Å². The number of nitrogens with zero attached hydrogens (tertiary/aromatic N) is 2. The maximum atomic E-state index is 2.45. The van der Waals surface area contributed by atoms with Gasteiger partial charge in [-0.3, -0.25) is 0 Å². The van der Waals surface area contributed by atoms with Crippen LogP contribution in [0.5, 0.6) is 0 Å². The van der Waals surface area contributed by atoms with E-state index in [2.05, 4.69) is 216 Å². The van der Waals surface area contributed by atoms with Crippen molar-refractivity contribution in [3.8, 4) is 27.9 Å². The number of aromatic nitrogens is 1. The summed E-state index contributed by atoms with van der Waals surface area (Å²) in [6.07, 6.45) is 0. The smallest absolute Gasteiger partial charge is 0.0541 e. The third kappa shape index (κ3) is 5.16. The van der Waals surface area contributed by atoms with Crippen LogP contribution < -0.4 is 4.90 Å². The summed E-state index contributed by atoms with van der Waals surface area (Å²) >= 11 is 1.88. The van der Waals surface area contributed by atoms with Crippen LogP contribution in [0.25, 0.3) is 80.7 Å². The predicted octanol–water partition coefficient (Wildman–Crippen LogP) is 15.1. The molecule has 55 heavy (non-hydrogen) atoms. The van der Waals surface area contributed by atoms with Crippen LogP contribution in [-0.4, -0.2) is 4.57 Å². The van der Waals surface area contributed by atoms with E-state index in [1.165, 1.54) is 80.7 Å². The highest BCUT2D eigenvalue weighted by Crippen LogP contribution is 2.48. The fraction of sp³-hybridized carbons (Fsp3) is 0. The Balaban J connectivity index is 1.19. The minimum Gasteiger partial charge on any atom is -0.310 e. The van der Waals surface area contributed by atoms with Gasteiger partial charge in [0, 0.05) is 59.1 Å². The number of thiophene rings is 1. The van der Waals surface area contributed by atoms with Gasteiger partial charge in [-0.25, -0.2) is 0 Å². The molecule has 0 radical (unpaired) electrons. The number of para-hydroxylation sites is 4. The average molecular weight is 719 g/mol. The Bertz CT molecular complexity index is 3170. The zero-order valence-corrected chi connectivity index (χ0v) is 30.7. The van der Waals surface area contributed by atoms with E-state index < -0.39 is 0 Å². The lowest BCUT2D eigenvalue weighted by molar-refractivity contribution is 1.18. The van der Waals surface area contributed by atoms with Crippen molar-refractivity contribution in [2.75, 3.05) is 4.90 Å². The Morgan fingerprint density at radius 3 is 1.78 bits per heavy atom. The molecule has 11 rings (SSSR count). The second-order valence-electron chi connectivity index (χ2n) is 14.1. The van der Waals surface area contributed by atoms with Gasteiger partial charge in [0.2, 0.25) is 0 Å².